The molecule has 1 fully saturated rings. The van der Waals surface area contributed by atoms with Crippen LogP contribution in [0.4, 0.5) is 0 Å². The zero-order chi connectivity index (χ0) is 13.8. The molecule has 0 bridgehead atoms. The molecule has 2 aromatic rings. The summed E-state index contributed by atoms with van der Waals surface area (Å²) < 4.78 is 0. The molecule has 0 saturated heterocycles. The van der Waals surface area contributed by atoms with Crippen molar-refractivity contribution < 1.29 is 0 Å². The van der Waals surface area contributed by atoms with Crippen LogP contribution in [0.15, 0.2) is 54.6 Å². The van der Waals surface area contributed by atoms with Gasteiger partial charge in [0.05, 0.1) is 0 Å². The maximum absolute atomic E-state index is 2.49. The number of hydrogen-bond donors (Lipinski definition) is 0. The quantitative estimate of drug-likeness (QED) is 0.659. The Morgan fingerprint density at radius 2 is 1.45 bits per heavy atom. The Hall–Kier alpha value is -1.13. The third-order valence-corrected chi connectivity index (χ3v) is 7.25. The van der Waals surface area contributed by atoms with Gasteiger partial charge in [-0.1, -0.05) is 81.8 Å². The van der Waals surface area contributed by atoms with Gasteiger partial charge >= 0.3 is 0 Å². The molecule has 0 aliphatic heterocycles. The lowest BCUT2D eigenvalue weighted by Gasteiger charge is -2.29. The van der Waals surface area contributed by atoms with E-state index < -0.39 is 0 Å². The second-order valence-electron chi connectivity index (χ2n) is 5.79. The van der Waals surface area contributed by atoms with Gasteiger partial charge in [-0.15, -0.1) is 0 Å². The third kappa shape index (κ3) is 2.96. The minimum absolute atomic E-state index is 0.0382. The van der Waals surface area contributed by atoms with Crippen molar-refractivity contribution in [1.82, 2.24) is 0 Å². The van der Waals surface area contributed by atoms with Crippen LogP contribution in [0.1, 0.15) is 32.1 Å². The number of benzene rings is 2. The molecule has 2 aromatic carbocycles. The Morgan fingerprint density at radius 1 is 0.800 bits per heavy atom. The summed E-state index contributed by atoms with van der Waals surface area (Å²) >= 11 is 0. The molecule has 1 saturated carbocycles. The van der Waals surface area contributed by atoms with Gasteiger partial charge in [-0.3, -0.25) is 0 Å². The van der Waals surface area contributed by atoms with Gasteiger partial charge in [0.15, 0.2) is 0 Å². The monoisotopic (exact) mass is 282 g/mol. The molecule has 104 valence electrons. The van der Waals surface area contributed by atoms with Crippen LogP contribution in [0.25, 0.3) is 11.1 Å². The lowest BCUT2D eigenvalue weighted by molar-refractivity contribution is 0.512. The largest absolute Gasteiger partial charge is 0.0746 e. The molecule has 0 N–H and O–H groups in total. The van der Waals surface area contributed by atoms with E-state index in [1.54, 1.807) is 5.30 Å². The maximum atomic E-state index is 2.49. The normalized spacial score (nSPS) is 17.9. The Bertz CT molecular complexity index is 541. The molecule has 1 aliphatic rings. The molecule has 1 heteroatoms. The van der Waals surface area contributed by atoms with Gasteiger partial charge in [0.2, 0.25) is 0 Å². The second-order valence-corrected chi connectivity index (χ2v) is 8.22. The van der Waals surface area contributed by atoms with E-state index in [4.69, 9.17) is 0 Å². The first-order valence-electron chi connectivity index (χ1n) is 7.73. The van der Waals surface area contributed by atoms with Crippen LogP contribution in [0.3, 0.4) is 0 Å². The van der Waals surface area contributed by atoms with Crippen LogP contribution >= 0.6 is 7.92 Å². The molecule has 0 aromatic heterocycles. The molecule has 1 unspecified atom stereocenters. The molecule has 3 rings (SSSR count). The highest BCUT2D eigenvalue weighted by Crippen LogP contribution is 2.45. The molecule has 20 heavy (non-hydrogen) atoms. The molecule has 0 amide bonds. The minimum Gasteiger partial charge on any atom is -0.0746 e. The van der Waals surface area contributed by atoms with Gasteiger partial charge in [0, 0.05) is 0 Å². The van der Waals surface area contributed by atoms with E-state index in [9.17, 15) is 0 Å². The van der Waals surface area contributed by atoms with Crippen molar-refractivity contribution in [2.45, 2.75) is 37.8 Å². The van der Waals surface area contributed by atoms with Crippen LogP contribution in [-0.2, 0) is 0 Å². The van der Waals surface area contributed by atoms with E-state index in [2.05, 4.69) is 61.3 Å². The lowest BCUT2D eigenvalue weighted by Crippen LogP contribution is -2.17. The highest BCUT2D eigenvalue weighted by molar-refractivity contribution is 7.65. The molecule has 0 heterocycles. The molecule has 1 aliphatic carbocycles. The van der Waals surface area contributed by atoms with Crippen LogP contribution in [0, 0.1) is 0 Å². The van der Waals surface area contributed by atoms with Crippen molar-refractivity contribution >= 4 is 13.2 Å². The predicted molar refractivity (Wildman–Crippen MR) is 91.2 cm³/mol. The number of rotatable bonds is 3. The van der Waals surface area contributed by atoms with E-state index in [0.717, 1.165) is 5.66 Å². The molecular weight excluding hydrogens is 259 g/mol. The van der Waals surface area contributed by atoms with Crippen LogP contribution < -0.4 is 5.30 Å². The van der Waals surface area contributed by atoms with Crippen molar-refractivity contribution in [3.8, 4) is 11.1 Å². The summed E-state index contributed by atoms with van der Waals surface area (Å²) in [7, 11) is -0.0382. The molecular formula is C19H23P. The summed E-state index contributed by atoms with van der Waals surface area (Å²) in [5, 5.41) is 1.60. The Balaban J connectivity index is 1.93. The Morgan fingerprint density at radius 3 is 2.20 bits per heavy atom. The Labute approximate surface area is 124 Å². The summed E-state index contributed by atoms with van der Waals surface area (Å²) in [5.41, 5.74) is 3.75. The maximum Gasteiger partial charge on any atom is -0.0107 e. The van der Waals surface area contributed by atoms with E-state index in [0.29, 0.717) is 0 Å². The fourth-order valence-electron chi connectivity index (χ4n) is 3.31. The van der Waals surface area contributed by atoms with Crippen LogP contribution in [0.2, 0.25) is 0 Å². The molecule has 0 spiro atoms. The first kappa shape index (κ1) is 13.8. The van der Waals surface area contributed by atoms with Crippen molar-refractivity contribution in [3.05, 3.63) is 54.6 Å². The fourth-order valence-corrected chi connectivity index (χ4v) is 5.75. The standard InChI is InChI=1S/C19H23P/c1-20(17-12-6-3-7-13-17)19-15-9-8-14-18(19)16-10-4-2-5-11-16/h2,4-5,8-11,14-15,17H,3,6-7,12-13H2,1H3. The van der Waals surface area contributed by atoms with Crippen LogP contribution in [0.5, 0.6) is 0 Å². The average Bonchev–Trinajstić information content (AvgIpc) is 2.56. The lowest BCUT2D eigenvalue weighted by atomic mass is 10.0. The van der Waals surface area contributed by atoms with Gasteiger partial charge in [-0.2, -0.15) is 0 Å². The molecule has 0 nitrogen and oxygen atoms in total. The highest BCUT2D eigenvalue weighted by atomic mass is 31.1. The first-order valence-corrected chi connectivity index (χ1v) is 9.59. The fraction of sp³-hybridized carbons (Fsp3) is 0.368. The van der Waals surface area contributed by atoms with E-state index >= 15 is 0 Å². The van der Waals surface area contributed by atoms with E-state index in [-0.39, 0.29) is 7.92 Å². The van der Waals surface area contributed by atoms with Gasteiger partial charge in [0.25, 0.3) is 0 Å². The zero-order valence-electron chi connectivity index (χ0n) is 12.3. The zero-order valence-corrected chi connectivity index (χ0v) is 13.2. The summed E-state index contributed by atoms with van der Waals surface area (Å²) in [4.78, 5) is 0. The summed E-state index contributed by atoms with van der Waals surface area (Å²) in [5.74, 6) is 0. The van der Waals surface area contributed by atoms with Gasteiger partial charge in [-0.25, -0.2) is 0 Å². The Kier molecular flexibility index (Phi) is 4.53. The first-order chi connectivity index (χ1) is 9.86. The second kappa shape index (κ2) is 6.55. The summed E-state index contributed by atoms with van der Waals surface area (Å²) in [6.07, 6.45) is 7.19. The van der Waals surface area contributed by atoms with Crippen molar-refractivity contribution in [3.63, 3.8) is 0 Å². The van der Waals surface area contributed by atoms with Crippen molar-refractivity contribution in [2.24, 2.45) is 0 Å². The van der Waals surface area contributed by atoms with Gasteiger partial charge in [-0.05, 0) is 41.6 Å². The number of hydrogen-bond acceptors (Lipinski definition) is 0. The molecule has 0 radical (unpaired) electrons. The molecule has 1 atom stereocenters. The predicted octanol–water partition coefficient (Wildman–Crippen LogP) is 5.42. The van der Waals surface area contributed by atoms with E-state index in [1.165, 1.54) is 43.2 Å². The smallest absolute Gasteiger partial charge is 0.0107 e. The summed E-state index contributed by atoms with van der Waals surface area (Å²) in [6, 6.07) is 19.9. The van der Waals surface area contributed by atoms with Crippen molar-refractivity contribution in [1.29, 1.82) is 0 Å². The minimum atomic E-state index is -0.0382. The van der Waals surface area contributed by atoms with Gasteiger partial charge < -0.3 is 0 Å². The highest BCUT2D eigenvalue weighted by Gasteiger charge is 2.22. The van der Waals surface area contributed by atoms with Crippen molar-refractivity contribution in [2.75, 3.05) is 6.66 Å². The average molecular weight is 282 g/mol. The summed E-state index contributed by atoms with van der Waals surface area (Å²) in [6.45, 7) is 2.49. The van der Waals surface area contributed by atoms with Crippen LogP contribution in [-0.4, -0.2) is 12.3 Å². The van der Waals surface area contributed by atoms with Gasteiger partial charge in [0.1, 0.15) is 0 Å². The topological polar surface area (TPSA) is 0 Å². The third-order valence-electron chi connectivity index (χ3n) is 4.49. The van der Waals surface area contributed by atoms with E-state index in [1.807, 2.05) is 0 Å². The SMILES string of the molecule is CP(c1ccccc1-c1ccccc1)C1CCCCC1.